The number of nitrogens with one attached hydrogen (secondary N) is 2. The molecule has 0 aliphatic heterocycles. The number of methoxy groups -OCH3 is 2. The predicted molar refractivity (Wildman–Crippen MR) is 99.3 cm³/mol. The molecule has 0 saturated carbocycles. The van der Waals surface area contributed by atoms with Crippen molar-refractivity contribution in [2.24, 2.45) is 0 Å². The summed E-state index contributed by atoms with van der Waals surface area (Å²) < 4.78 is 24.5. The number of para-hydroxylation sites is 1. The lowest BCUT2D eigenvalue weighted by Gasteiger charge is -2.13. The van der Waals surface area contributed by atoms with Crippen molar-refractivity contribution in [3.05, 3.63) is 60.0 Å². The molecule has 0 aliphatic carbocycles. The Morgan fingerprint density at radius 1 is 0.885 bits per heavy atom. The molecular weight excluding hydrogens is 335 g/mol. The van der Waals surface area contributed by atoms with Gasteiger partial charge in [0.15, 0.2) is 0 Å². The number of rotatable bonds is 6. The molecule has 1 aromatic heterocycles. The summed E-state index contributed by atoms with van der Waals surface area (Å²) in [4.78, 5) is 8.70. The maximum atomic E-state index is 13.8. The number of halogens is 1. The third-order valence-corrected chi connectivity index (χ3v) is 3.64. The van der Waals surface area contributed by atoms with Gasteiger partial charge >= 0.3 is 0 Å². The Bertz CT molecular complexity index is 918. The van der Waals surface area contributed by atoms with E-state index in [0.29, 0.717) is 34.6 Å². The lowest BCUT2D eigenvalue weighted by atomic mass is 10.2. The normalized spacial score (nSPS) is 10.3. The van der Waals surface area contributed by atoms with Crippen LogP contribution in [0.25, 0.3) is 0 Å². The summed E-state index contributed by atoms with van der Waals surface area (Å²) in [7, 11) is 3.18. The molecule has 3 aromatic rings. The fraction of sp³-hybridized carbons (Fsp3) is 0.158. The van der Waals surface area contributed by atoms with Crippen LogP contribution in [0, 0.1) is 12.7 Å². The van der Waals surface area contributed by atoms with Gasteiger partial charge in [-0.05, 0) is 31.2 Å². The van der Waals surface area contributed by atoms with Gasteiger partial charge in [0.05, 0.1) is 25.6 Å². The minimum atomic E-state index is -0.374. The van der Waals surface area contributed by atoms with Crippen LogP contribution in [-0.4, -0.2) is 24.2 Å². The van der Waals surface area contributed by atoms with Gasteiger partial charge in [0.25, 0.3) is 0 Å². The highest BCUT2D eigenvalue weighted by molar-refractivity contribution is 5.67. The number of anilines is 4. The second-order valence-corrected chi connectivity index (χ2v) is 5.51. The van der Waals surface area contributed by atoms with E-state index in [4.69, 9.17) is 9.47 Å². The molecule has 0 spiro atoms. The van der Waals surface area contributed by atoms with Crippen LogP contribution in [0.1, 0.15) is 5.69 Å². The largest absolute Gasteiger partial charge is 0.497 e. The van der Waals surface area contributed by atoms with Gasteiger partial charge in [0.1, 0.15) is 23.1 Å². The van der Waals surface area contributed by atoms with Crippen molar-refractivity contribution in [3.63, 3.8) is 0 Å². The van der Waals surface area contributed by atoms with Gasteiger partial charge < -0.3 is 20.1 Å². The Labute approximate surface area is 151 Å². The minimum absolute atomic E-state index is 0.291. The van der Waals surface area contributed by atoms with E-state index in [1.807, 2.05) is 6.92 Å². The van der Waals surface area contributed by atoms with Crippen molar-refractivity contribution in [1.29, 1.82) is 0 Å². The zero-order chi connectivity index (χ0) is 18.5. The van der Waals surface area contributed by atoms with Crippen LogP contribution in [0.4, 0.5) is 27.5 Å². The first-order chi connectivity index (χ1) is 12.6. The number of aryl methyl sites for hydroxylation is 1. The van der Waals surface area contributed by atoms with Crippen LogP contribution in [0.2, 0.25) is 0 Å². The van der Waals surface area contributed by atoms with Crippen molar-refractivity contribution in [3.8, 4) is 11.5 Å². The first-order valence-corrected chi connectivity index (χ1v) is 7.95. The molecule has 0 atom stereocenters. The summed E-state index contributed by atoms with van der Waals surface area (Å²) in [5.74, 6) is 1.79. The van der Waals surface area contributed by atoms with Crippen LogP contribution < -0.4 is 20.1 Å². The fourth-order valence-electron chi connectivity index (χ4n) is 2.42. The predicted octanol–water partition coefficient (Wildman–Crippen LogP) is 4.43. The zero-order valence-corrected chi connectivity index (χ0v) is 14.7. The number of aromatic nitrogens is 2. The van der Waals surface area contributed by atoms with E-state index in [0.717, 1.165) is 5.69 Å². The highest BCUT2D eigenvalue weighted by Crippen LogP contribution is 2.31. The second-order valence-electron chi connectivity index (χ2n) is 5.51. The number of hydrogen-bond donors (Lipinski definition) is 2. The first-order valence-electron chi connectivity index (χ1n) is 7.95. The van der Waals surface area contributed by atoms with Gasteiger partial charge in [0.2, 0.25) is 5.95 Å². The molecular formula is C19H19FN4O2. The summed E-state index contributed by atoms with van der Waals surface area (Å²) in [6.07, 6.45) is 0. The molecule has 26 heavy (non-hydrogen) atoms. The highest BCUT2D eigenvalue weighted by atomic mass is 19.1. The van der Waals surface area contributed by atoms with E-state index < -0.39 is 0 Å². The van der Waals surface area contributed by atoms with E-state index in [-0.39, 0.29) is 5.82 Å². The van der Waals surface area contributed by atoms with Crippen LogP contribution in [0.15, 0.2) is 48.5 Å². The Morgan fingerprint density at radius 2 is 1.69 bits per heavy atom. The number of ether oxygens (including phenoxy) is 2. The van der Waals surface area contributed by atoms with Crippen LogP contribution in [0.3, 0.4) is 0 Å². The number of hydrogen-bond acceptors (Lipinski definition) is 6. The van der Waals surface area contributed by atoms with Crippen molar-refractivity contribution < 1.29 is 13.9 Å². The standard InChI is InChI=1S/C19H19FN4O2/c1-12-10-18(22-16-11-13(25-2)8-9-17(16)26-3)24-19(21-12)23-15-7-5-4-6-14(15)20/h4-11H,1-3H3,(H2,21,22,23,24). The van der Waals surface area contributed by atoms with Crippen molar-refractivity contribution in [2.45, 2.75) is 6.92 Å². The van der Waals surface area contributed by atoms with Gasteiger partial charge in [-0.1, -0.05) is 12.1 Å². The van der Waals surface area contributed by atoms with E-state index in [1.165, 1.54) is 6.07 Å². The van der Waals surface area contributed by atoms with Crippen molar-refractivity contribution in [1.82, 2.24) is 9.97 Å². The molecule has 0 fully saturated rings. The molecule has 0 bridgehead atoms. The fourth-order valence-corrected chi connectivity index (χ4v) is 2.42. The maximum absolute atomic E-state index is 13.8. The van der Waals surface area contributed by atoms with Gasteiger partial charge in [0, 0.05) is 17.8 Å². The average Bonchev–Trinajstić information content (AvgIpc) is 2.63. The molecule has 1 heterocycles. The van der Waals surface area contributed by atoms with Gasteiger partial charge in [-0.25, -0.2) is 9.37 Å². The van der Waals surface area contributed by atoms with E-state index in [1.54, 1.807) is 56.7 Å². The molecule has 0 aliphatic rings. The maximum Gasteiger partial charge on any atom is 0.229 e. The van der Waals surface area contributed by atoms with Gasteiger partial charge in [-0.3, -0.25) is 0 Å². The molecule has 0 amide bonds. The number of benzene rings is 2. The molecule has 0 radical (unpaired) electrons. The average molecular weight is 354 g/mol. The Hall–Kier alpha value is -3.35. The van der Waals surface area contributed by atoms with E-state index in [2.05, 4.69) is 20.6 Å². The van der Waals surface area contributed by atoms with Crippen molar-refractivity contribution in [2.75, 3.05) is 24.9 Å². The number of nitrogens with zero attached hydrogens (tertiary/aromatic N) is 2. The topological polar surface area (TPSA) is 68.3 Å². The minimum Gasteiger partial charge on any atom is -0.497 e. The third kappa shape index (κ3) is 4.00. The molecule has 0 unspecified atom stereocenters. The summed E-state index contributed by atoms with van der Waals surface area (Å²) in [6.45, 7) is 1.84. The summed E-state index contributed by atoms with van der Waals surface area (Å²) in [5, 5.41) is 6.09. The molecule has 6 nitrogen and oxygen atoms in total. The molecule has 3 rings (SSSR count). The summed E-state index contributed by atoms with van der Waals surface area (Å²) in [5.41, 5.74) is 1.73. The van der Waals surface area contributed by atoms with Crippen LogP contribution >= 0.6 is 0 Å². The Morgan fingerprint density at radius 3 is 2.42 bits per heavy atom. The van der Waals surface area contributed by atoms with Crippen LogP contribution in [0.5, 0.6) is 11.5 Å². The zero-order valence-electron chi connectivity index (χ0n) is 14.7. The highest BCUT2D eigenvalue weighted by Gasteiger charge is 2.09. The van der Waals surface area contributed by atoms with Gasteiger partial charge in [-0.15, -0.1) is 0 Å². The monoisotopic (exact) mass is 354 g/mol. The second kappa shape index (κ2) is 7.69. The van der Waals surface area contributed by atoms with Crippen molar-refractivity contribution >= 4 is 23.1 Å². The molecule has 2 N–H and O–H groups in total. The SMILES string of the molecule is COc1ccc(OC)c(Nc2cc(C)nc(Nc3ccccc3F)n2)c1. The molecule has 0 saturated heterocycles. The quantitative estimate of drug-likeness (QED) is 0.683. The third-order valence-electron chi connectivity index (χ3n) is 3.64. The lowest BCUT2D eigenvalue weighted by Crippen LogP contribution is -2.04. The summed E-state index contributed by atoms with van der Waals surface area (Å²) >= 11 is 0. The molecule has 134 valence electrons. The summed E-state index contributed by atoms with van der Waals surface area (Å²) in [6, 6.07) is 13.6. The first kappa shape index (κ1) is 17.5. The Balaban J connectivity index is 1.90. The molecule has 2 aromatic carbocycles. The van der Waals surface area contributed by atoms with E-state index >= 15 is 0 Å². The van der Waals surface area contributed by atoms with Crippen LogP contribution in [-0.2, 0) is 0 Å². The lowest BCUT2D eigenvalue weighted by molar-refractivity contribution is 0.405. The Kier molecular flexibility index (Phi) is 5.17. The molecule has 7 heteroatoms. The van der Waals surface area contributed by atoms with Gasteiger partial charge in [-0.2, -0.15) is 4.98 Å². The van der Waals surface area contributed by atoms with E-state index in [9.17, 15) is 4.39 Å². The smallest absolute Gasteiger partial charge is 0.229 e.